The third kappa shape index (κ3) is 1.89. The molecule has 5 heteroatoms. The largest absolute Gasteiger partial charge is 0.383 e. The molecule has 0 radical (unpaired) electrons. The molecular weight excluding hydrogens is 249 g/mol. The Kier molecular flexibility index (Phi) is 3.14. The second-order valence-corrected chi connectivity index (χ2v) is 5.00. The SMILES string of the molecule is CC1=NC(N)=C(C#N)C(S)(c2ccccc2F)C1. The van der Waals surface area contributed by atoms with Crippen molar-refractivity contribution in [2.24, 2.45) is 10.7 Å². The number of nitriles is 1. The summed E-state index contributed by atoms with van der Waals surface area (Å²) in [6, 6.07) is 8.27. The Morgan fingerprint density at radius 2 is 2.17 bits per heavy atom. The van der Waals surface area contributed by atoms with E-state index < -0.39 is 10.6 Å². The van der Waals surface area contributed by atoms with E-state index in [1.165, 1.54) is 6.07 Å². The highest BCUT2D eigenvalue weighted by molar-refractivity contribution is 7.81. The Bertz CT molecular complexity index is 600. The molecule has 0 amide bonds. The van der Waals surface area contributed by atoms with E-state index >= 15 is 0 Å². The first-order valence-electron chi connectivity index (χ1n) is 5.41. The highest BCUT2D eigenvalue weighted by atomic mass is 32.1. The number of rotatable bonds is 1. The third-order valence-electron chi connectivity index (χ3n) is 2.92. The molecule has 1 aromatic carbocycles. The maximum Gasteiger partial charge on any atom is 0.138 e. The molecule has 0 aliphatic carbocycles. The number of thiol groups is 1. The van der Waals surface area contributed by atoms with Gasteiger partial charge in [0.15, 0.2) is 0 Å². The lowest BCUT2D eigenvalue weighted by Gasteiger charge is -2.32. The van der Waals surface area contributed by atoms with Gasteiger partial charge in [0.2, 0.25) is 0 Å². The molecule has 1 heterocycles. The number of hydrogen-bond acceptors (Lipinski definition) is 4. The zero-order valence-electron chi connectivity index (χ0n) is 9.81. The molecule has 92 valence electrons. The van der Waals surface area contributed by atoms with Gasteiger partial charge in [0, 0.05) is 17.7 Å². The van der Waals surface area contributed by atoms with Gasteiger partial charge in [0.1, 0.15) is 17.7 Å². The van der Waals surface area contributed by atoms with Crippen LogP contribution in [0.25, 0.3) is 0 Å². The molecular formula is C13H12FN3S. The summed E-state index contributed by atoms with van der Waals surface area (Å²) in [5, 5.41) is 9.21. The predicted molar refractivity (Wildman–Crippen MR) is 71.6 cm³/mol. The molecule has 1 aliphatic heterocycles. The van der Waals surface area contributed by atoms with Crippen LogP contribution in [0.4, 0.5) is 4.39 Å². The van der Waals surface area contributed by atoms with Crippen molar-refractivity contribution in [3.8, 4) is 6.07 Å². The smallest absolute Gasteiger partial charge is 0.138 e. The van der Waals surface area contributed by atoms with Crippen LogP contribution in [0, 0.1) is 17.1 Å². The molecule has 1 atom stereocenters. The summed E-state index contributed by atoms with van der Waals surface area (Å²) < 4.78 is 12.9. The standard InChI is InChI=1S/C13H12FN3S/c1-8-6-13(18,10(7-15)12(16)17-8)9-4-2-3-5-11(9)14/h2-5,18H,6,16H2,1H3. The van der Waals surface area contributed by atoms with Crippen molar-refractivity contribution >= 4 is 18.3 Å². The molecule has 0 fully saturated rings. The lowest BCUT2D eigenvalue weighted by molar-refractivity contribution is 0.586. The highest BCUT2D eigenvalue weighted by Crippen LogP contribution is 2.43. The molecule has 0 spiro atoms. The van der Waals surface area contributed by atoms with E-state index in [1.54, 1.807) is 25.1 Å². The number of halogens is 1. The Morgan fingerprint density at radius 1 is 1.50 bits per heavy atom. The summed E-state index contributed by atoms with van der Waals surface area (Å²) in [7, 11) is 0. The summed E-state index contributed by atoms with van der Waals surface area (Å²) in [4.78, 5) is 4.07. The maximum absolute atomic E-state index is 13.9. The lowest BCUT2D eigenvalue weighted by Crippen LogP contribution is -2.31. The van der Waals surface area contributed by atoms with Gasteiger partial charge >= 0.3 is 0 Å². The summed E-state index contributed by atoms with van der Waals surface area (Å²) in [5.41, 5.74) is 7.01. The summed E-state index contributed by atoms with van der Waals surface area (Å²) in [5.74, 6) is -0.290. The Balaban J connectivity index is 2.66. The van der Waals surface area contributed by atoms with Crippen LogP contribution >= 0.6 is 12.6 Å². The number of benzene rings is 1. The minimum atomic E-state index is -1.05. The van der Waals surface area contributed by atoms with Crippen LogP contribution in [-0.2, 0) is 4.75 Å². The Labute approximate surface area is 110 Å². The first kappa shape index (κ1) is 12.7. The zero-order chi connectivity index (χ0) is 13.3. The van der Waals surface area contributed by atoms with Crippen LogP contribution in [0.1, 0.15) is 18.9 Å². The molecule has 18 heavy (non-hydrogen) atoms. The van der Waals surface area contributed by atoms with E-state index in [0.29, 0.717) is 12.0 Å². The molecule has 3 nitrogen and oxygen atoms in total. The van der Waals surface area contributed by atoms with Crippen LogP contribution in [0.2, 0.25) is 0 Å². The molecule has 1 aromatic rings. The topological polar surface area (TPSA) is 62.2 Å². The Hall–Kier alpha value is -1.80. The van der Waals surface area contributed by atoms with Crippen LogP contribution in [0.3, 0.4) is 0 Å². The lowest BCUT2D eigenvalue weighted by atomic mass is 9.84. The van der Waals surface area contributed by atoms with Crippen molar-refractivity contribution in [1.29, 1.82) is 5.26 Å². The maximum atomic E-state index is 13.9. The van der Waals surface area contributed by atoms with Crippen molar-refractivity contribution < 1.29 is 4.39 Å². The van der Waals surface area contributed by atoms with Gasteiger partial charge in [-0.3, -0.25) is 0 Å². The minimum Gasteiger partial charge on any atom is -0.383 e. The van der Waals surface area contributed by atoms with Gasteiger partial charge in [-0.15, -0.1) is 0 Å². The fourth-order valence-corrected chi connectivity index (χ4v) is 2.72. The van der Waals surface area contributed by atoms with Gasteiger partial charge in [-0.2, -0.15) is 17.9 Å². The number of hydrogen-bond donors (Lipinski definition) is 2. The van der Waals surface area contributed by atoms with Gasteiger partial charge in [0.05, 0.1) is 10.3 Å². The predicted octanol–water partition coefficient (Wildman–Crippen LogP) is 2.51. The molecule has 0 saturated heterocycles. The van der Waals surface area contributed by atoms with Crippen molar-refractivity contribution in [2.45, 2.75) is 18.1 Å². The quantitative estimate of drug-likeness (QED) is 0.763. The van der Waals surface area contributed by atoms with E-state index in [-0.39, 0.29) is 11.4 Å². The zero-order valence-corrected chi connectivity index (χ0v) is 10.7. The molecule has 0 saturated carbocycles. The van der Waals surface area contributed by atoms with Crippen molar-refractivity contribution in [3.63, 3.8) is 0 Å². The fraction of sp³-hybridized carbons (Fsp3) is 0.231. The van der Waals surface area contributed by atoms with Gasteiger partial charge in [-0.25, -0.2) is 9.38 Å². The van der Waals surface area contributed by atoms with Gasteiger partial charge in [0.25, 0.3) is 0 Å². The second-order valence-electron chi connectivity index (χ2n) is 4.24. The normalized spacial score (nSPS) is 23.6. The molecule has 2 rings (SSSR count). The van der Waals surface area contributed by atoms with Crippen LogP contribution in [0.15, 0.2) is 40.7 Å². The van der Waals surface area contributed by atoms with Gasteiger partial charge in [-0.1, -0.05) is 18.2 Å². The average molecular weight is 261 g/mol. The molecule has 2 N–H and O–H groups in total. The summed E-state index contributed by atoms with van der Waals surface area (Å²) >= 11 is 4.52. The number of nitrogens with two attached hydrogens (primary N) is 1. The average Bonchev–Trinajstić information content (AvgIpc) is 2.28. The first-order chi connectivity index (χ1) is 8.49. The highest BCUT2D eigenvalue weighted by Gasteiger charge is 2.39. The minimum absolute atomic E-state index is 0.111. The Morgan fingerprint density at radius 3 is 2.78 bits per heavy atom. The monoisotopic (exact) mass is 261 g/mol. The molecule has 0 bridgehead atoms. The van der Waals surface area contributed by atoms with Gasteiger partial charge in [-0.05, 0) is 13.0 Å². The van der Waals surface area contributed by atoms with Gasteiger partial charge < -0.3 is 5.73 Å². The van der Waals surface area contributed by atoms with Crippen LogP contribution in [-0.4, -0.2) is 5.71 Å². The van der Waals surface area contributed by atoms with E-state index in [4.69, 9.17) is 5.73 Å². The number of nitrogens with zero attached hydrogens (tertiary/aromatic N) is 2. The first-order valence-corrected chi connectivity index (χ1v) is 5.85. The van der Waals surface area contributed by atoms with Crippen molar-refractivity contribution in [1.82, 2.24) is 0 Å². The third-order valence-corrected chi connectivity index (χ3v) is 3.55. The van der Waals surface area contributed by atoms with E-state index in [2.05, 4.69) is 17.6 Å². The molecule has 0 aromatic heterocycles. The van der Waals surface area contributed by atoms with E-state index in [9.17, 15) is 9.65 Å². The van der Waals surface area contributed by atoms with Crippen molar-refractivity contribution in [2.75, 3.05) is 0 Å². The van der Waals surface area contributed by atoms with Crippen LogP contribution in [0.5, 0.6) is 0 Å². The molecule has 1 aliphatic rings. The fourth-order valence-electron chi connectivity index (χ4n) is 2.15. The summed E-state index contributed by atoms with van der Waals surface area (Å²) in [6.45, 7) is 1.78. The molecule has 1 unspecified atom stereocenters. The van der Waals surface area contributed by atoms with Crippen molar-refractivity contribution in [3.05, 3.63) is 47.0 Å². The van der Waals surface area contributed by atoms with E-state index in [0.717, 1.165) is 5.71 Å². The van der Waals surface area contributed by atoms with Crippen LogP contribution < -0.4 is 5.73 Å². The second kappa shape index (κ2) is 4.46. The van der Waals surface area contributed by atoms with E-state index in [1.807, 2.05) is 6.07 Å². The number of aliphatic imine (C=N–C) groups is 1. The summed E-state index contributed by atoms with van der Waals surface area (Å²) in [6.07, 6.45) is 0.362.